The Morgan fingerprint density at radius 1 is 1.18 bits per heavy atom. The molecule has 0 aliphatic carbocycles. The number of benzene rings is 1. The zero-order valence-corrected chi connectivity index (χ0v) is 13.5. The maximum atomic E-state index is 13.0. The summed E-state index contributed by atoms with van der Waals surface area (Å²) in [6.07, 6.45) is 3.47. The average molecular weight is 315 g/mol. The molecule has 0 unspecified atom stereocenters. The Hall–Kier alpha value is -2.34. The highest BCUT2D eigenvalue weighted by atomic mass is 32.2. The van der Waals surface area contributed by atoms with Gasteiger partial charge in [-0.2, -0.15) is 0 Å². The summed E-state index contributed by atoms with van der Waals surface area (Å²) in [5.74, 6) is 0. The summed E-state index contributed by atoms with van der Waals surface area (Å²) in [4.78, 5) is 4.41. The lowest BCUT2D eigenvalue weighted by Crippen LogP contribution is -2.27. The molecule has 0 spiro atoms. The molecule has 3 aromatic rings. The van der Waals surface area contributed by atoms with Crippen LogP contribution in [0.4, 0.5) is 5.69 Å². The maximum absolute atomic E-state index is 13.0. The second-order valence-electron chi connectivity index (χ2n) is 5.25. The summed E-state index contributed by atoms with van der Waals surface area (Å²) in [5.41, 5.74) is 2.08. The number of sulfonamides is 1. The molecule has 2 aromatic heterocycles. The van der Waals surface area contributed by atoms with Crippen LogP contribution in [-0.2, 0) is 17.1 Å². The predicted molar refractivity (Wildman–Crippen MR) is 87.5 cm³/mol. The van der Waals surface area contributed by atoms with Crippen molar-refractivity contribution >= 4 is 26.6 Å². The Balaban J connectivity index is 2.18. The van der Waals surface area contributed by atoms with Crippen LogP contribution in [0.5, 0.6) is 0 Å². The molecule has 0 fully saturated rings. The van der Waals surface area contributed by atoms with Gasteiger partial charge in [0, 0.05) is 37.6 Å². The van der Waals surface area contributed by atoms with Crippen LogP contribution in [0.1, 0.15) is 5.69 Å². The minimum absolute atomic E-state index is 0.300. The van der Waals surface area contributed by atoms with Gasteiger partial charge in [0.25, 0.3) is 10.0 Å². The molecule has 3 rings (SSSR count). The molecule has 0 N–H and O–H groups in total. The second kappa shape index (κ2) is 5.14. The van der Waals surface area contributed by atoms with Crippen LogP contribution in [0.2, 0.25) is 0 Å². The molecular formula is C16H17N3O2S. The fourth-order valence-electron chi connectivity index (χ4n) is 2.54. The maximum Gasteiger partial charge on any atom is 0.266 e. The molecule has 114 valence electrons. The van der Waals surface area contributed by atoms with Crippen molar-refractivity contribution in [2.24, 2.45) is 7.05 Å². The number of hydrogen-bond donors (Lipinski definition) is 0. The van der Waals surface area contributed by atoms with Crippen LogP contribution < -0.4 is 4.31 Å². The van der Waals surface area contributed by atoms with E-state index in [-0.39, 0.29) is 0 Å². The lowest BCUT2D eigenvalue weighted by Gasteiger charge is -2.20. The Kier molecular flexibility index (Phi) is 3.41. The van der Waals surface area contributed by atoms with Crippen LogP contribution in [-0.4, -0.2) is 25.0 Å². The van der Waals surface area contributed by atoms with E-state index < -0.39 is 10.0 Å². The number of anilines is 1. The molecule has 0 amide bonds. The summed E-state index contributed by atoms with van der Waals surface area (Å²) in [6.45, 7) is 1.84. The molecular weight excluding hydrogens is 298 g/mol. The summed E-state index contributed by atoms with van der Waals surface area (Å²) in [6, 6.07) is 10.7. The first-order chi connectivity index (χ1) is 10.4. The van der Waals surface area contributed by atoms with Crippen molar-refractivity contribution in [3.8, 4) is 0 Å². The number of pyridine rings is 1. The second-order valence-corrected chi connectivity index (χ2v) is 7.19. The first-order valence-corrected chi connectivity index (χ1v) is 8.31. The molecule has 0 aliphatic rings. The number of rotatable bonds is 3. The minimum Gasteiger partial charge on any atom is -0.349 e. The monoisotopic (exact) mass is 315 g/mol. The first-order valence-electron chi connectivity index (χ1n) is 6.87. The highest BCUT2D eigenvalue weighted by Crippen LogP contribution is 2.28. The lowest BCUT2D eigenvalue weighted by molar-refractivity contribution is 0.594. The predicted octanol–water partition coefficient (Wildman–Crippen LogP) is 2.71. The topological polar surface area (TPSA) is 55.2 Å². The minimum atomic E-state index is -3.64. The van der Waals surface area contributed by atoms with Gasteiger partial charge in [-0.3, -0.25) is 9.29 Å². The van der Waals surface area contributed by atoms with Gasteiger partial charge in [0.05, 0.1) is 11.2 Å². The van der Waals surface area contributed by atoms with Crippen molar-refractivity contribution in [3.63, 3.8) is 0 Å². The molecule has 6 heteroatoms. The Bertz CT molecular complexity index is 945. The van der Waals surface area contributed by atoms with E-state index in [4.69, 9.17) is 0 Å². The smallest absolute Gasteiger partial charge is 0.266 e. The molecule has 0 atom stereocenters. The third-order valence-corrected chi connectivity index (χ3v) is 5.56. The molecule has 0 aliphatic heterocycles. The summed E-state index contributed by atoms with van der Waals surface area (Å²) < 4.78 is 29.1. The molecule has 0 saturated heterocycles. The number of nitrogens with zero attached hydrogens (tertiary/aromatic N) is 3. The molecule has 0 radical (unpaired) electrons. The van der Waals surface area contributed by atoms with Gasteiger partial charge in [-0.15, -0.1) is 0 Å². The summed E-state index contributed by atoms with van der Waals surface area (Å²) >= 11 is 0. The number of aryl methyl sites for hydroxylation is 2. The standard InChI is InChI=1S/C16H17N3O2S/c1-12-11-14(7-9-17-12)19(3)22(20,21)15-6-4-5-13-8-10-18(2)16(13)15/h4-11H,1-3H3. The quantitative estimate of drug-likeness (QED) is 0.747. The van der Waals surface area contributed by atoms with Gasteiger partial charge < -0.3 is 4.57 Å². The van der Waals surface area contributed by atoms with Crippen LogP contribution in [0.25, 0.3) is 10.9 Å². The van der Waals surface area contributed by atoms with Gasteiger partial charge in [0.2, 0.25) is 0 Å². The number of para-hydroxylation sites is 1. The molecule has 1 aromatic carbocycles. The normalized spacial score (nSPS) is 11.8. The van der Waals surface area contributed by atoms with E-state index in [0.717, 1.165) is 11.1 Å². The average Bonchev–Trinajstić information content (AvgIpc) is 2.88. The van der Waals surface area contributed by atoms with Crippen LogP contribution in [0.15, 0.2) is 53.7 Å². The Morgan fingerprint density at radius 2 is 1.95 bits per heavy atom. The van der Waals surface area contributed by atoms with Gasteiger partial charge in [0.15, 0.2) is 0 Å². The first kappa shape index (κ1) is 14.6. The van der Waals surface area contributed by atoms with Crippen LogP contribution in [0.3, 0.4) is 0 Å². The largest absolute Gasteiger partial charge is 0.349 e. The Labute approximate surface area is 129 Å². The highest BCUT2D eigenvalue weighted by Gasteiger charge is 2.24. The van der Waals surface area contributed by atoms with Gasteiger partial charge >= 0.3 is 0 Å². The number of hydrogen-bond acceptors (Lipinski definition) is 3. The van der Waals surface area contributed by atoms with Crippen molar-refractivity contribution in [2.45, 2.75) is 11.8 Å². The Morgan fingerprint density at radius 3 is 2.68 bits per heavy atom. The third-order valence-electron chi connectivity index (χ3n) is 3.74. The number of fused-ring (bicyclic) bond motifs is 1. The zero-order valence-electron chi connectivity index (χ0n) is 12.7. The van der Waals surface area contributed by atoms with Gasteiger partial charge in [-0.25, -0.2) is 8.42 Å². The van der Waals surface area contributed by atoms with Crippen molar-refractivity contribution < 1.29 is 8.42 Å². The van der Waals surface area contributed by atoms with Crippen LogP contribution >= 0.6 is 0 Å². The molecule has 2 heterocycles. The third kappa shape index (κ3) is 2.25. The van der Waals surface area contributed by atoms with Gasteiger partial charge in [-0.05, 0) is 31.2 Å². The van der Waals surface area contributed by atoms with Crippen molar-refractivity contribution in [1.82, 2.24) is 9.55 Å². The van der Waals surface area contributed by atoms with E-state index in [1.165, 1.54) is 4.31 Å². The fraction of sp³-hybridized carbons (Fsp3) is 0.188. The number of aromatic nitrogens is 2. The summed E-state index contributed by atoms with van der Waals surface area (Å²) in [7, 11) is -0.237. The lowest BCUT2D eigenvalue weighted by atomic mass is 10.2. The SMILES string of the molecule is Cc1cc(N(C)S(=O)(=O)c2cccc3ccn(C)c23)ccn1. The van der Waals surface area contributed by atoms with E-state index in [2.05, 4.69) is 4.98 Å². The van der Waals surface area contributed by atoms with E-state index in [1.807, 2.05) is 36.9 Å². The van der Waals surface area contributed by atoms with Crippen LogP contribution in [0, 0.1) is 6.92 Å². The van der Waals surface area contributed by atoms with Gasteiger partial charge in [0.1, 0.15) is 4.90 Å². The molecule has 0 bridgehead atoms. The zero-order chi connectivity index (χ0) is 15.9. The summed E-state index contributed by atoms with van der Waals surface area (Å²) in [5, 5.41) is 0.905. The van der Waals surface area contributed by atoms with E-state index in [1.54, 1.807) is 37.5 Å². The van der Waals surface area contributed by atoms with Crippen molar-refractivity contribution in [3.05, 3.63) is 54.5 Å². The van der Waals surface area contributed by atoms with E-state index >= 15 is 0 Å². The van der Waals surface area contributed by atoms with Crippen molar-refractivity contribution in [2.75, 3.05) is 11.4 Å². The van der Waals surface area contributed by atoms with E-state index in [0.29, 0.717) is 16.1 Å². The highest BCUT2D eigenvalue weighted by molar-refractivity contribution is 7.93. The van der Waals surface area contributed by atoms with Gasteiger partial charge in [-0.1, -0.05) is 12.1 Å². The van der Waals surface area contributed by atoms with E-state index in [9.17, 15) is 8.42 Å². The molecule has 0 saturated carbocycles. The fourth-order valence-corrected chi connectivity index (χ4v) is 3.98. The molecule has 22 heavy (non-hydrogen) atoms. The molecule has 5 nitrogen and oxygen atoms in total. The van der Waals surface area contributed by atoms with Crippen molar-refractivity contribution in [1.29, 1.82) is 0 Å².